The number of hydrogen-bond acceptors (Lipinski definition) is 6. The van der Waals surface area contributed by atoms with Crippen molar-refractivity contribution in [2.24, 2.45) is 0 Å². The molecule has 0 N–H and O–H groups in total. The first kappa shape index (κ1) is 19.5. The third kappa shape index (κ3) is 5.63. The van der Waals surface area contributed by atoms with Crippen molar-refractivity contribution in [3.8, 4) is 17.2 Å². The lowest BCUT2D eigenvalue weighted by Gasteiger charge is -2.18. The van der Waals surface area contributed by atoms with Crippen LogP contribution in [0.3, 0.4) is 0 Å². The van der Waals surface area contributed by atoms with Gasteiger partial charge in [-0.15, -0.1) is 0 Å². The largest absolute Gasteiger partial charge is 0.494 e. The zero-order valence-electron chi connectivity index (χ0n) is 15.3. The minimum absolute atomic E-state index is 0.0620. The molecule has 0 aromatic heterocycles. The van der Waals surface area contributed by atoms with Gasteiger partial charge in [0.1, 0.15) is 5.75 Å². The van der Waals surface area contributed by atoms with Crippen LogP contribution in [0.4, 0.5) is 5.69 Å². The van der Waals surface area contributed by atoms with Gasteiger partial charge in [0.05, 0.1) is 25.7 Å². The normalized spacial score (nSPS) is 10.6. The first-order chi connectivity index (χ1) is 12.5. The maximum atomic E-state index is 10.6. The molecule has 0 radical (unpaired) electrons. The molecule has 0 saturated heterocycles. The average molecular weight is 360 g/mol. The van der Waals surface area contributed by atoms with Gasteiger partial charge in [-0.3, -0.25) is 10.1 Å². The van der Waals surface area contributed by atoms with Crippen molar-refractivity contribution < 1.29 is 19.1 Å². The molecular formula is C19H24N2O5. The predicted octanol–water partition coefficient (Wildman–Crippen LogP) is 3.51. The van der Waals surface area contributed by atoms with Crippen molar-refractivity contribution in [2.75, 3.05) is 34.4 Å². The highest BCUT2D eigenvalue weighted by Crippen LogP contribution is 2.27. The quantitative estimate of drug-likeness (QED) is 0.367. The predicted molar refractivity (Wildman–Crippen MR) is 99.1 cm³/mol. The molecular weight excluding hydrogens is 336 g/mol. The van der Waals surface area contributed by atoms with E-state index in [0.717, 1.165) is 36.6 Å². The molecule has 0 fully saturated rings. The van der Waals surface area contributed by atoms with Crippen LogP contribution in [-0.2, 0) is 6.54 Å². The Hall–Kier alpha value is -2.80. The molecule has 2 aromatic carbocycles. The second-order valence-corrected chi connectivity index (χ2v) is 5.88. The summed E-state index contributed by atoms with van der Waals surface area (Å²) in [5.74, 6) is 2.08. The first-order valence-electron chi connectivity index (χ1n) is 8.30. The molecule has 2 aromatic rings. The van der Waals surface area contributed by atoms with Crippen molar-refractivity contribution in [3.05, 3.63) is 58.1 Å². The standard InChI is InChI=1S/C19H24N2O5/c1-20(14-15-5-10-18(24-2)19(13-15)25-3)11-4-12-26-17-8-6-16(7-9-17)21(22)23/h5-10,13H,4,11-12,14H2,1-3H3. The van der Waals surface area contributed by atoms with Gasteiger partial charge >= 0.3 is 0 Å². The van der Waals surface area contributed by atoms with Crippen LogP contribution in [0.25, 0.3) is 0 Å². The van der Waals surface area contributed by atoms with E-state index in [1.165, 1.54) is 12.1 Å². The van der Waals surface area contributed by atoms with Crippen molar-refractivity contribution >= 4 is 5.69 Å². The molecule has 26 heavy (non-hydrogen) atoms. The lowest BCUT2D eigenvalue weighted by Crippen LogP contribution is -2.20. The molecule has 0 spiro atoms. The minimum atomic E-state index is -0.424. The van der Waals surface area contributed by atoms with Crippen LogP contribution in [0.5, 0.6) is 17.2 Å². The molecule has 7 heteroatoms. The van der Waals surface area contributed by atoms with Gasteiger partial charge in [-0.05, 0) is 43.3 Å². The summed E-state index contributed by atoms with van der Waals surface area (Å²) in [6.45, 7) is 2.20. The fraction of sp³-hybridized carbons (Fsp3) is 0.368. The molecule has 0 amide bonds. The summed E-state index contributed by atoms with van der Waals surface area (Å²) in [5, 5.41) is 10.6. The van der Waals surface area contributed by atoms with Gasteiger partial charge in [-0.2, -0.15) is 0 Å². The van der Waals surface area contributed by atoms with Crippen LogP contribution in [-0.4, -0.2) is 44.2 Å². The van der Waals surface area contributed by atoms with E-state index in [9.17, 15) is 10.1 Å². The summed E-state index contributed by atoms with van der Waals surface area (Å²) in [6, 6.07) is 12.0. The van der Waals surface area contributed by atoms with Crippen molar-refractivity contribution in [1.82, 2.24) is 4.90 Å². The Bertz CT molecular complexity index is 718. The lowest BCUT2D eigenvalue weighted by atomic mass is 10.2. The third-order valence-electron chi connectivity index (χ3n) is 3.90. The fourth-order valence-electron chi connectivity index (χ4n) is 2.56. The third-order valence-corrected chi connectivity index (χ3v) is 3.90. The lowest BCUT2D eigenvalue weighted by molar-refractivity contribution is -0.384. The molecule has 0 saturated carbocycles. The number of hydrogen-bond donors (Lipinski definition) is 0. The molecule has 0 unspecified atom stereocenters. The van der Waals surface area contributed by atoms with Gasteiger partial charge in [-0.1, -0.05) is 6.07 Å². The van der Waals surface area contributed by atoms with Crippen molar-refractivity contribution in [3.63, 3.8) is 0 Å². The second kappa shape index (κ2) is 9.62. The Morgan fingerprint density at radius 2 is 1.73 bits per heavy atom. The van der Waals surface area contributed by atoms with Gasteiger partial charge in [0.25, 0.3) is 5.69 Å². The summed E-state index contributed by atoms with van der Waals surface area (Å²) >= 11 is 0. The van der Waals surface area contributed by atoms with Gasteiger partial charge in [0, 0.05) is 25.2 Å². The average Bonchev–Trinajstić information content (AvgIpc) is 2.65. The Morgan fingerprint density at radius 1 is 1.04 bits per heavy atom. The number of nitrogens with zero attached hydrogens (tertiary/aromatic N) is 2. The Balaban J connectivity index is 1.75. The van der Waals surface area contributed by atoms with E-state index < -0.39 is 4.92 Å². The van der Waals surface area contributed by atoms with E-state index in [0.29, 0.717) is 12.4 Å². The van der Waals surface area contributed by atoms with E-state index >= 15 is 0 Å². The number of benzene rings is 2. The molecule has 7 nitrogen and oxygen atoms in total. The van der Waals surface area contributed by atoms with E-state index in [2.05, 4.69) is 4.90 Å². The number of rotatable bonds is 10. The summed E-state index contributed by atoms with van der Waals surface area (Å²) in [4.78, 5) is 12.4. The summed E-state index contributed by atoms with van der Waals surface area (Å²) < 4.78 is 16.2. The molecule has 0 aliphatic carbocycles. The van der Waals surface area contributed by atoms with Crippen LogP contribution in [0.1, 0.15) is 12.0 Å². The van der Waals surface area contributed by atoms with Gasteiger partial charge < -0.3 is 19.1 Å². The van der Waals surface area contributed by atoms with Crippen LogP contribution < -0.4 is 14.2 Å². The highest BCUT2D eigenvalue weighted by molar-refractivity contribution is 5.42. The van der Waals surface area contributed by atoms with Crippen molar-refractivity contribution in [2.45, 2.75) is 13.0 Å². The number of methoxy groups -OCH3 is 2. The van der Waals surface area contributed by atoms with Crippen LogP contribution in [0.2, 0.25) is 0 Å². The maximum Gasteiger partial charge on any atom is 0.269 e. The van der Waals surface area contributed by atoms with E-state index in [1.54, 1.807) is 26.4 Å². The van der Waals surface area contributed by atoms with E-state index in [-0.39, 0.29) is 5.69 Å². The number of nitro benzene ring substituents is 1. The zero-order chi connectivity index (χ0) is 18.9. The molecule has 0 heterocycles. The highest BCUT2D eigenvalue weighted by atomic mass is 16.6. The van der Waals surface area contributed by atoms with E-state index in [4.69, 9.17) is 14.2 Å². The Labute approximate surface area is 153 Å². The van der Waals surface area contributed by atoms with Gasteiger partial charge in [0.15, 0.2) is 11.5 Å². The highest BCUT2D eigenvalue weighted by Gasteiger charge is 2.07. The summed E-state index contributed by atoms with van der Waals surface area (Å²) in [6.07, 6.45) is 0.848. The number of non-ortho nitro benzene ring substituents is 1. The molecule has 0 aliphatic heterocycles. The molecule has 140 valence electrons. The Morgan fingerprint density at radius 3 is 2.35 bits per heavy atom. The second-order valence-electron chi connectivity index (χ2n) is 5.88. The van der Waals surface area contributed by atoms with E-state index in [1.807, 2.05) is 25.2 Å². The van der Waals surface area contributed by atoms with Crippen LogP contribution in [0.15, 0.2) is 42.5 Å². The van der Waals surface area contributed by atoms with Crippen LogP contribution in [0, 0.1) is 10.1 Å². The first-order valence-corrected chi connectivity index (χ1v) is 8.30. The van der Waals surface area contributed by atoms with Gasteiger partial charge in [0.2, 0.25) is 0 Å². The monoisotopic (exact) mass is 360 g/mol. The minimum Gasteiger partial charge on any atom is -0.494 e. The number of ether oxygens (including phenoxy) is 3. The summed E-state index contributed by atoms with van der Waals surface area (Å²) in [5.41, 5.74) is 1.20. The SMILES string of the molecule is COc1ccc(CN(C)CCCOc2ccc([N+](=O)[O-])cc2)cc1OC. The molecule has 0 bridgehead atoms. The maximum absolute atomic E-state index is 10.6. The smallest absolute Gasteiger partial charge is 0.269 e. The number of nitro groups is 1. The molecule has 0 atom stereocenters. The molecule has 2 rings (SSSR count). The Kier molecular flexibility index (Phi) is 7.23. The van der Waals surface area contributed by atoms with Crippen molar-refractivity contribution in [1.29, 1.82) is 0 Å². The summed E-state index contributed by atoms with van der Waals surface area (Å²) in [7, 11) is 5.29. The topological polar surface area (TPSA) is 74.1 Å². The van der Waals surface area contributed by atoms with Crippen LogP contribution >= 0.6 is 0 Å². The zero-order valence-corrected chi connectivity index (χ0v) is 15.3. The fourth-order valence-corrected chi connectivity index (χ4v) is 2.56. The van der Waals surface area contributed by atoms with Gasteiger partial charge in [-0.25, -0.2) is 0 Å². The molecule has 0 aliphatic rings.